The molecular weight excluding hydrogens is 288 g/mol. The molecule has 0 aliphatic heterocycles. The smallest absolute Gasteiger partial charge is 0.0868 e. The van der Waals surface area contributed by atoms with Gasteiger partial charge in [-0.15, -0.1) is 0 Å². The highest BCUT2D eigenvalue weighted by molar-refractivity contribution is 9.10. The summed E-state index contributed by atoms with van der Waals surface area (Å²) in [4.78, 5) is 0. The average molecular weight is 303 g/mol. The van der Waals surface area contributed by atoms with Gasteiger partial charge in [0, 0.05) is 10.9 Å². The molecule has 2 aromatic carbocycles. The lowest BCUT2D eigenvalue weighted by molar-refractivity contribution is 0.0390. The monoisotopic (exact) mass is 302 g/mol. The Morgan fingerprint density at radius 1 is 1.06 bits per heavy atom. The largest absolute Gasteiger partial charge is 0.373 e. The van der Waals surface area contributed by atoms with E-state index in [2.05, 4.69) is 64.5 Å². The second kappa shape index (κ2) is 5.25. The van der Waals surface area contributed by atoms with Crippen molar-refractivity contribution in [1.82, 2.24) is 0 Å². The maximum absolute atomic E-state index is 5.93. The molecule has 1 atom stereocenters. The van der Waals surface area contributed by atoms with Gasteiger partial charge in [-0.1, -0.05) is 52.3 Å². The van der Waals surface area contributed by atoms with Crippen LogP contribution in [0.5, 0.6) is 0 Å². The van der Waals surface area contributed by atoms with E-state index in [1.54, 1.807) is 0 Å². The number of halogens is 1. The Hall–Kier alpha value is -1.12. The van der Waals surface area contributed by atoms with E-state index in [4.69, 9.17) is 4.74 Å². The Bertz CT molecular complexity index is 533. The van der Waals surface area contributed by atoms with E-state index in [-0.39, 0.29) is 0 Å². The van der Waals surface area contributed by atoms with E-state index in [1.165, 1.54) is 16.7 Å². The Morgan fingerprint density at radius 2 is 1.83 bits per heavy atom. The van der Waals surface area contributed by atoms with Crippen LogP contribution in [0.2, 0.25) is 0 Å². The molecule has 1 aliphatic carbocycles. The van der Waals surface area contributed by atoms with Gasteiger partial charge in [0.1, 0.15) is 0 Å². The third-order valence-electron chi connectivity index (χ3n) is 3.43. The van der Waals surface area contributed by atoms with Crippen LogP contribution in [0.1, 0.15) is 22.8 Å². The highest BCUT2D eigenvalue weighted by Gasteiger charge is 2.25. The van der Waals surface area contributed by atoms with E-state index >= 15 is 0 Å². The molecule has 0 fully saturated rings. The van der Waals surface area contributed by atoms with Crippen molar-refractivity contribution in [2.45, 2.75) is 18.9 Å². The fraction of sp³-hybridized carbons (Fsp3) is 0.250. The molecule has 0 radical (unpaired) electrons. The SMILES string of the molecule is Brc1ccc(CCOC2Cc3ccccc32)cc1. The number of hydrogen-bond acceptors (Lipinski definition) is 1. The molecule has 0 saturated heterocycles. The standard InChI is InChI=1S/C16H15BrO/c17-14-7-5-12(6-8-14)9-10-18-16-11-13-3-1-2-4-15(13)16/h1-8,16H,9-11H2. The predicted octanol–water partition coefficient (Wildman–Crippen LogP) is 4.31. The van der Waals surface area contributed by atoms with Crippen LogP contribution >= 0.6 is 15.9 Å². The maximum atomic E-state index is 5.93. The van der Waals surface area contributed by atoms with Crippen LogP contribution in [0.15, 0.2) is 53.0 Å². The summed E-state index contributed by atoms with van der Waals surface area (Å²) in [6.45, 7) is 0.792. The van der Waals surface area contributed by atoms with Gasteiger partial charge in [0.25, 0.3) is 0 Å². The lowest BCUT2D eigenvalue weighted by atomic mass is 9.85. The molecule has 0 heterocycles. The summed E-state index contributed by atoms with van der Waals surface area (Å²) in [5.41, 5.74) is 4.13. The first-order valence-corrected chi connectivity index (χ1v) is 7.06. The first-order valence-electron chi connectivity index (χ1n) is 6.27. The first kappa shape index (κ1) is 11.9. The van der Waals surface area contributed by atoms with Gasteiger partial charge in [0.05, 0.1) is 12.7 Å². The summed E-state index contributed by atoms with van der Waals surface area (Å²) in [6, 6.07) is 17.0. The van der Waals surface area contributed by atoms with E-state index in [1.807, 2.05) is 0 Å². The molecule has 2 heteroatoms. The normalized spacial score (nSPS) is 17.1. The third kappa shape index (κ3) is 2.50. The zero-order valence-corrected chi connectivity index (χ0v) is 11.7. The van der Waals surface area contributed by atoms with Gasteiger partial charge >= 0.3 is 0 Å². The van der Waals surface area contributed by atoms with Crippen molar-refractivity contribution < 1.29 is 4.74 Å². The molecule has 1 unspecified atom stereocenters. The molecule has 0 aromatic heterocycles. The van der Waals surface area contributed by atoms with Crippen LogP contribution in [0, 0.1) is 0 Å². The second-order valence-electron chi connectivity index (χ2n) is 4.64. The molecule has 1 nitrogen and oxygen atoms in total. The van der Waals surface area contributed by atoms with Crippen LogP contribution in [0.4, 0.5) is 0 Å². The zero-order valence-electron chi connectivity index (χ0n) is 10.1. The second-order valence-corrected chi connectivity index (χ2v) is 5.55. The summed E-state index contributed by atoms with van der Waals surface area (Å²) in [5.74, 6) is 0. The highest BCUT2D eigenvalue weighted by atomic mass is 79.9. The molecule has 0 bridgehead atoms. The van der Waals surface area contributed by atoms with Crippen molar-refractivity contribution in [3.8, 4) is 0 Å². The lowest BCUT2D eigenvalue weighted by Gasteiger charge is -2.30. The molecule has 92 valence electrons. The molecular formula is C16H15BrO. The zero-order chi connectivity index (χ0) is 12.4. The summed E-state index contributed by atoms with van der Waals surface area (Å²) in [7, 11) is 0. The minimum absolute atomic E-state index is 0.316. The number of fused-ring (bicyclic) bond motifs is 1. The van der Waals surface area contributed by atoms with Gasteiger partial charge in [-0.25, -0.2) is 0 Å². The quantitative estimate of drug-likeness (QED) is 0.818. The summed E-state index contributed by atoms with van der Waals surface area (Å²) in [5, 5.41) is 0. The summed E-state index contributed by atoms with van der Waals surface area (Å²) < 4.78 is 7.05. The predicted molar refractivity (Wildman–Crippen MR) is 76.7 cm³/mol. The Labute approximate surface area is 116 Å². The molecule has 1 aliphatic rings. The first-order chi connectivity index (χ1) is 8.83. The molecule has 0 amide bonds. The number of hydrogen-bond donors (Lipinski definition) is 0. The van der Waals surface area contributed by atoms with Crippen LogP contribution in [-0.2, 0) is 17.6 Å². The Kier molecular flexibility index (Phi) is 3.48. The molecule has 0 N–H and O–H groups in total. The van der Waals surface area contributed by atoms with Crippen LogP contribution in [0.3, 0.4) is 0 Å². The Balaban J connectivity index is 1.51. The summed E-state index contributed by atoms with van der Waals surface area (Å²) >= 11 is 3.44. The van der Waals surface area contributed by atoms with Crippen molar-refractivity contribution in [1.29, 1.82) is 0 Å². The minimum atomic E-state index is 0.316. The summed E-state index contributed by atoms with van der Waals surface area (Å²) in [6.07, 6.45) is 2.36. The van der Waals surface area contributed by atoms with Crippen molar-refractivity contribution in [3.63, 3.8) is 0 Å². The van der Waals surface area contributed by atoms with Crippen LogP contribution < -0.4 is 0 Å². The lowest BCUT2D eigenvalue weighted by Crippen LogP contribution is -2.20. The van der Waals surface area contributed by atoms with Crippen LogP contribution in [0.25, 0.3) is 0 Å². The topological polar surface area (TPSA) is 9.23 Å². The minimum Gasteiger partial charge on any atom is -0.373 e. The van der Waals surface area contributed by atoms with Crippen molar-refractivity contribution >= 4 is 15.9 Å². The van der Waals surface area contributed by atoms with Gasteiger partial charge in [0.2, 0.25) is 0 Å². The number of ether oxygens (including phenoxy) is 1. The maximum Gasteiger partial charge on any atom is 0.0868 e. The number of rotatable bonds is 4. The van der Waals surface area contributed by atoms with Crippen molar-refractivity contribution in [3.05, 3.63) is 69.7 Å². The van der Waals surface area contributed by atoms with Crippen molar-refractivity contribution in [2.24, 2.45) is 0 Å². The van der Waals surface area contributed by atoms with Gasteiger partial charge in [-0.05, 0) is 35.2 Å². The van der Waals surface area contributed by atoms with E-state index in [0.717, 1.165) is 23.9 Å². The number of benzene rings is 2. The van der Waals surface area contributed by atoms with Crippen LogP contribution in [-0.4, -0.2) is 6.61 Å². The molecule has 18 heavy (non-hydrogen) atoms. The molecule has 0 saturated carbocycles. The molecule has 3 rings (SSSR count). The van der Waals surface area contributed by atoms with E-state index < -0.39 is 0 Å². The molecule has 2 aromatic rings. The average Bonchev–Trinajstić information content (AvgIpc) is 2.37. The van der Waals surface area contributed by atoms with Gasteiger partial charge in [0.15, 0.2) is 0 Å². The van der Waals surface area contributed by atoms with Crippen molar-refractivity contribution in [2.75, 3.05) is 6.61 Å². The fourth-order valence-corrected chi connectivity index (χ4v) is 2.60. The van der Waals surface area contributed by atoms with Gasteiger partial charge < -0.3 is 4.74 Å². The van der Waals surface area contributed by atoms with E-state index in [0.29, 0.717) is 6.10 Å². The van der Waals surface area contributed by atoms with Gasteiger partial charge in [-0.3, -0.25) is 0 Å². The highest BCUT2D eigenvalue weighted by Crippen LogP contribution is 2.35. The van der Waals surface area contributed by atoms with E-state index in [9.17, 15) is 0 Å². The molecule has 0 spiro atoms. The Morgan fingerprint density at radius 3 is 2.61 bits per heavy atom. The third-order valence-corrected chi connectivity index (χ3v) is 3.96. The fourth-order valence-electron chi connectivity index (χ4n) is 2.33. The van der Waals surface area contributed by atoms with Gasteiger partial charge in [-0.2, -0.15) is 0 Å².